The second kappa shape index (κ2) is 9.76. The average molecular weight is 468 g/mol. The average Bonchev–Trinajstić information content (AvgIpc) is 3.34. The Bertz CT molecular complexity index is 851. The van der Waals surface area contributed by atoms with E-state index in [1.807, 2.05) is 4.90 Å². The highest BCUT2D eigenvalue weighted by atomic mass is 35.5. The maximum absolute atomic E-state index is 13.1. The zero-order valence-corrected chi connectivity index (χ0v) is 18.9. The summed E-state index contributed by atoms with van der Waals surface area (Å²) in [6, 6.07) is 4.84. The molecule has 9 heteroatoms. The number of rotatable bonds is 3. The molecule has 0 aromatic heterocycles. The van der Waals surface area contributed by atoms with Gasteiger partial charge in [-0.05, 0) is 43.9 Å². The quantitative estimate of drug-likeness (QED) is 0.684. The highest BCUT2D eigenvalue weighted by molar-refractivity contribution is 6.42. The summed E-state index contributed by atoms with van der Waals surface area (Å²) in [7, 11) is 0. The van der Waals surface area contributed by atoms with E-state index in [0.717, 1.165) is 25.7 Å². The molecule has 168 valence electrons. The summed E-state index contributed by atoms with van der Waals surface area (Å²) in [4.78, 5) is 43.9. The summed E-state index contributed by atoms with van der Waals surface area (Å²) in [5, 5.41) is 0.745. The van der Waals surface area contributed by atoms with E-state index in [-0.39, 0.29) is 29.7 Å². The first kappa shape index (κ1) is 22.4. The van der Waals surface area contributed by atoms with Gasteiger partial charge in [0.15, 0.2) is 0 Å². The van der Waals surface area contributed by atoms with Crippen molar-refractivity contribution in [2.45, 2.75) is 31.8 Å². The molecule has 7 nitrogen and oxygen atoms in total. The van der Waals surface area contributed by atoms with Crippen LogP contribution in [0.4, 0.5) is 0 Å². The summed E-state index contributed by atoms with van der Waals surface area (Å²) in [6.07, 6.45) is 2.93. The summed E-state index contributed by atoms with van der Waals surface area (Å²) < 4.78 is 5.50. The fourth-order valence-corrected chi connectivity index (χ4v) is 4.85. The monoisotopic (exact) mass is 467 g/mol. The predicted octanol–water partition coefficient (Wildman–Crippen LogP) is 2.70. The lowest BCUT2D eigenvalue weighted by Gasteiger charge is -2.39. The molecule has 2 unspecified atom stereocenters. The van der Waals surface area contributed by atoms with Crippen LogP contribution in [0.2, 0.25) is 10.0 Å². The first-order valence-corrected chi connectivity index (χ1v) is 11.6. The fraction of sp³-hybridized carbons (Fsp3) is 0.591. The van der Waals surface area contributed by atoms with Crippen LogP contribution in [0.5, 0.6) is 0 Å². The number of amides is 3. The van der Waals surface area contributed by atoms with Gasteiger partial charge in [-0.2, -0.15) is 0 Å². The van der Waals surface area contributed by atoms with Crippen molar-refractivity contribution < 1.29 is 19.1 Å². The molecule has 1 aromatic rings. The lowest BCUT2D eigenvalue weighted by atomic mass is 9.95. The smallest absolute Gasteiger partial charge is 0.253 e. The van der Waals surface area contributed by atoms with Crippen LogP contribution in [0.25, 0.3) is 0 Å². The van der Waals surface area contributed by atoms with Crippen LogP contribution in [0.15, 0.2) is 18.2 Å². The van der Waals surface area contributed by atoms with Crippen LogP contribution in [-0.4, -0.2) is 84.4 Å². The number of hydrogen-bond donors (Lipinski definition) is 0. The maximum atomic E-state index is 13.1. The number of halogens is 2. The number of carbonyl (C=O) groups is 3. The van der Waals surface area contributed by atoms with Gasteiger partial charge in [-0.3, -0.25) is 14.4 Å². The van der Waals surface area contributed by atoms with Crippen molar-refractivity contribution in [2.75, 3.05) is 45.9 Å². The number of benzene rings is 1. The molecule has 0 aliphatic carbocycles. The minimum Gasteiger partial charge on any atom is -0.368 e. The van der Waals surface area contributed by atoms with Gasteiger partial charge in [0.1, 0.15) is 6.10 Å². The zero-order chi connectivity index (χ0) is 22.0. The number of ether oxygens (including phenoxy) is 1. The van der Waals surface area contributed by atoms with Crippen LogP contribution in [-0.2, 0) is 14.3 Å². The Labute approximate surface area is 192 Å². The van der Waals surface area contributed by atoms with E-state index >= 15 is 0 Å². The lowest BCUT2D eigenvalue weighted by Crippen LogP contribution is -2.55. The van der Waals surface area contributed by atoms with Crippen LogP contribution in [0, 0.1) is 5.92 Å². The lowest BCUT2D eigenvalue weighted by molar-refractivity contribution is -0.147. The molecular formula is C22H27Cl2N3O4. The minimum atomic E-state index is -0.318. The maximum Gasteiger partial charge on any atom is 0.253 e. The predicted molar refractivity (Wildman–Crippen MR) is 117 cm³/mol. The molecule has 0 saturated carbocycles. The van der Waals surface area contributed by atoms with Crippen molar-refractivity contribution in [1.29, 1.82) is 0 Å². The Hall–Kier alpha value is -1.83. The van der Waals surface area contributed by atoms with Crippen molar-refractivity contribution in [3.8, 4) is 0 Å². The fourth-order valence-electron chi connectivity index (χ4n) is 4.56. The van der Waals surface area contributed by atoms with Crippen molar-refractivity contribution in [1.82, 2.24) is 14.7 Å². The molecule has 4 rings (SSSR count). The summed E-state index contributed by atoms with van der Waals surface area (Å²) >= 11 is 12.0. The molecular weight excluding hydrogens is 441 g/mol. The van der Waals surface area contributed by atoms with Gasteiger partial charge in [0.05, 0.1) is 16.0 Å². The van der Waals surface area contributed by atoms with Crippen molar-refractivity contribution >= 4 is 40.9 Å². The van der Waals surface area contributed by atoms with Crippen molar-refractivity contribution in [3.63, 3.8) is 0 Å². The second-order valence-corrected chi connectivity index (χ2v) is 9.19. The number of carbonyl (C=O) groups excluding carboxylic acids is 3. The Morgan fingerprint density at radius 2 is 1.55 bits per heavy atom. The van der Waals surface area contributed by atoms with Crippen molar-refractivity contribution in [3.05, 3.63) is 33.8 Å². The summed E-state index contributed by atoms with van der Waals surface area (Å²) in [6.45, 7) is 3.77. The molecule has 1 aromatic carbocycles. The van der Waals surface area contributed by atoms with E-state index in [4.69, 9.17) is 27.9 Å². The molecule has 3 aliphatic heterocycles. The van der Waals surface area contributed by atoms with Gasteiger partial charge in [-0.1, -0.05) is 23.2 Å². The topological polar surface area (TPSA) is 70.2 Å². The molecule has 0 radical (unpaired) electrons. The highest BCUT2D eigenvalue weighted by Crippen LogP contribution is 2.26. The van der Waals surface area contributed by atoms with Gasteiger partial charge in [0, 0.05) is 51.4 Å². The Morgan fingerprint density at radius 3 is 2.19 bits per heavy atom. The zero-order valence-electron chi connectivity index (χ0n) is 17.4. The number of hydrogen-bond acceptors (Lipinski definition) is 4. The van der Waals surface area contributed by atoms with E-state index < -0.39 is 0 Å². The van der Waals surface area contributed by atoms with E-state index in [1.165, 1.54) is 0 Å². The van der Waals surface area contributed by atoms with Gasteiger partial charge in [0.2, 0.25) is 5.91 Å². The Morgan fingerprint density at radius 1 is 0.839 bits per heavy atom. The van der Waals surface area contributed by atoms with Crippen molar-refractivity contribution in [2.24, 2.45) is 5.92 Å². The van der Waals surface area contributed by atoms with E-state index in [9.17, 15) is 14.4 Å². The first-order valence-electron chi connectivity index (χ1n) is 10.9. The molecule has 3 aliphatic rings. The van der Waals surface area contributed by atoms with Crippen LogP contribution in [0.1, 0.15) is 36.0 Å². The number of likely N-dealkylation sites (tertiary alicyclic amines) is 1. The summed E-state index contributed by atoms with van der Waals surface area (Å²) in [5.41, 5.74) is 0.476. The number of nitrogens with zero attached hydrogens (tertiary/aromatic N) is 3. The molecule has 0 spiro atoms. The highest BCUT2D eigenvalue weighted by Gasteiger charge is 2.35. The third-order valence-electron chi connectivity index (χ3n) is 6.33. The Kier molecular flexibility index (Phi) is 7.04. The standard InChI is InChI=1S/C22H27Cl2N3O4/c23-17-6-5-15(13-18(17)24)20(28)27-7-1-3-16(14-27)21(29)25-8-10-26(11-9-25)22(30)19-4-2-12-31-19/h5-6,13,16,19H,1-4,7-12,14H2. The molecule has 3 amide bonds. The molecule has 0 bridgehead atoms. The van der Waals surface area contributed by atoms with E-state index in [2.05, 4.69) is 0 Å². The van der Waals surface area contributed by atoms with Gasteiger partial charge in [0.25, 0.3) is 11.8 Å². The number of piperidine rings is 1. The minimum absolute atomic E-state index is 0.0423. The third kappa shape index (κ3) is 4.99. The second-order valence-electron chi connectivity index (χ2n) is 8.37. The molecule has 3 saturated heterocycles. The molecule has 2 atom stereocenters. The van der Waals surface area contributed by atoms with E-state index in [1.54, 1.807) is 28.0 Å². The molecule has 3 heterocycles. The van der Waals surface area contributed by atoms with E-state index in [0.29, 0.717) is 61.5 Å². The first-order chi connectivity index (χ1) is 14.9. The normalized spacial score (nSPS) is 24.4. The van der Waals surface area contributed by atoms with Crippen LogP contribution in [0.3, 0.4) is 0 Å². The molecule has 31 heavy (non-hydrogen) atoms. The SMILES string of the molecule is O=C(c1ccc(Cl)c(Cl)c1)N1CCCC(C(=O)N2CCN(C(=O)C3CCCO3)CC2)C1. The number of piperazine rings is 1. The van der Waals surface area contributed by atoms with Crippen LogP contribution < -0.4 is 0 Å². The van der Waals surface area contributed by atoms with Gasteiger partial charge < -0.3 is 19.4 Å². The molecule has 3 fully saturated rings. The van der Waals surface area contributed by atoms with Gasteiger partial charge >= 0.3 is 0 Å². The Balaban J connectivity index is 1.32. The molecule has 0 N–H and O–H groups in total. The largest absolute Gasteiger partial charge is 0.368 e. The van der Waals surface area contributed by atoms with Gasteiger partial charge in [-0.15, -0.1) is 0 Å². The van der Waals surface area contributed by atoms with Gasteiger partial charge in [-0.25, -0.2) is 0 Å². The third-order valence-corrected chi connectivity index (χ3v) is 7.07. The van der Waals surface area contributed by atoms with Crippen LogP contribution >= 0.6 is 23.2 Å². The summed E-state index contributed by atoms with van der Waals surface area (Å²) in [5.74, 6) is -0.250.